The number of halogens is 1. The minimum Gasteiger partial charge on any atom is -0.496 e. The van der Waals surface area contributed by atoms with Crippen molar-refractivity contribution in [2.45, 2.75) is 6.42 Å². The Kier molecular flexibility index (Phi) is 5.11. The number of hydrogen-bond donors (Lipinski definition) is 2. The summed E-state index contributed by atoms with van der Waals surface area (Å²) in [6.07, 6.45) is 0.528. The van der Waals surface area contributed by atoms with Crippen LogP contribution < -0.4 is 10.1 Å². The number of rotatable bonds is 5. The van der Waals surface area contributed by atoms with Crippen LogP contribution in [0, 0.1) is 5.82 Å². The molecule has 0 fully saturated rings. The average molecular weight is 243 g/mol. The first kappa shape index (κ1) is 12.8. The molecule has 0 saturated carbocycles. The molecule has 0 radical (unpaired) electrons. The van der Waals surface area contributed by atoms with Crippen LogP contribution in [0.2, 0.25) is 0 Å². The summed E-state index contributed by atoms with van der Waals surface area (Å²) in [5.41, 5.74) is 0.738. The van der Waals surface area contributed by atoms with E-state index in [4.69, 9.17) is 4.74 Å². The smallest absolute Gasteiger partial charge is 0.229 e. The van der Waals surface area contributed by atoms with Gasteiger partial charge in [-0.25, -0.2) is 4.39 Å². The van der Waals surface area contributed by atoms with E-state index in [0.29, 0.717) is 18.7 Å². The van der Waals surface area contributed by atoms with E-state index in [-0.39, 0.29) is 17.5 Å². The molecule has 0 saturated heterocycles. The van der Waals surface area contributed by atoms with Crippen LogP contribution >= 0.6 is 12.6 Å². The third-order valence-electron chi connectivity index (χ3n) is 2.10. The van der Waals surface area contributed by atoms with Crippen molar-refractivity contribution >= 4 is 18.5 Å². The van der Waals surface area contributed by atoms with Gasteiger partial charge in [-0.15, -0.1) is 0 Å². The Balaban J connectivity index is 2.58. The molecule has 5 heteroatoms. The van der Waals surface area contributed by atoms with Gasteiger partial charge in [-0.1, -0.05) is 0 Å². The molecule has 1 amide bonds. The van der Waals surface area contributed by atoms with Crippen molar-refractivity contribution in [2.75, 3.05) is 19.4 Å². The zero-order valence-corrected chi connectivity index (χ0v) is 9.89. The number of thiol groups is 1. The summed E-state index contributed by atoms with van der Waals surface area (Å²) in [6, 6.07) is 4.32. The molecule has 1 aromatic carbocycles. The molecule has 3 nitrogen and oxygen atoms in total. The number of hydrogen-bond acceptors (Lipinski definition) is 3. The molecule has 0 aliphatic rings. The van der Waals surface area contributed by atoms with Gasteiger partial charge in [0.15, 0.2) is 0 Å². The Bertz CT molecular complexity index is 371. The summed E-state index contributed by atoms with van der Waals surface area (Å²) in [7, 11) is 1.53. The zero-order chi connectivity index (χ0) is 12.0. The predicted octanol–water partition coefficient (Wildman–Crippen LogP) is 1.42. The normalized spacial score (nSPS) is 9.94. The van der Waals surface area contributed by atoms with Crippen LogP contribution in [0.4, 0.5) is 4.39 Å². The summed E-state index contributed by atoms with van der Waals surface area (Å²) >= 11 is 3.83. The fourth-order valence-electron chi connectivity index (χ4n) is 1.34. The van der Waals surface area contributed by atoms with Crippen molar-refractivity contribution in [3.05, 3.63) is 29.6 Å². The lowest BCUT2D eigenvalue weighted by Crippen LogP contribution is -2.26. The Morgan fingerprint density at radius 2 is 2.31 bits per heavy atom. The van der Waals surface area contributed by atoms with E-state index in [0.717, 1.165) is 5.56 Å². The highest BCUT2D eigenvalue weighted by molar-refractivity contribution is 7.81. The van der Waals surface area contributed by atoms with E-state index in [2.05, 4.69) is 17.9 Å². The van der Waals surface area contributed by atoms with E-state index >= 15 is 0 Å². The van der Waals surface area contributed by atoms with Crippen molar-refractivity contribution in [1.82, 2.24) is 5.32 Å². The third-order valence-corrected chi connectivity index (χ3v) is 2.39. The summed E-state index contributed by atoms with van der Waals surface area (Å²) in [6.45, 7) is 0.444. The Morgan fingerprint density at radius 3 is 2.94 bits per heavy atom. The topological polar surface area (TPSA) is 38.3 Å². The quantitative estimate of drug-likeness (QED) is 0.768. The van der Waals surface area contributed by atoms with E-state index in [1.54, 1.807) is 6.07 Å². The van der Waals surface area contributed by atoms with E-state index in [9.17, 15) is 9.18 Å². The maximum absolute atomic E-state index is 13.0. The van der Waals surface area contributed by atoms with Crippen molar-refractivity contribution < 1.29 is 13.9 Å². The predicted molar refractivity (Wildman–Crippen MR) is 63.5 cm³/mol. The fourth-order valence-corrected chi connectivity index (χ4v) is 1.45. The lowest BCUT2D eigenvalue weighted by molar-refractivity contribution is -0.118. The Morgan fingerprint density at radius 1 is 1.56 bits per heavy atom. The number of carbonyl (C=O) groups excluding carboxylic acids is 1. The zero-order valence-electron chi connectivity index (χ0n) is 9.00. The molecular weight excluding hydrogens is 229 g/mol. The molecule has 0 unspecified atom stereocenters. The molecule has 0 aromatic heterocycles. The first-order valence-electron chi connectivity index (χ1n) is 4.87. The van der Waals surface area contributed by atoms with Gasteiger partial charge in [-0.05, 0) is 30.2 Å². The highest BCUT2D eigenvalue weighted by Gasteiger charge is 2.05. The number of ether oxygens (including phenoxy) is 1. The molecule has 0 heterocycles. The SMILES string of the molecule is COc1ccc(F)cc1CCNC(=O)CS. The minimum atomic E-state index is -0.309. The van der Waals surface area contributed by atoms with Crippen LogP contribution in [-0.2, 0) is 11.2 Å². The molecule has 1 rings (SSSR count). The van der Waals surface area contributed by atoms with Crippen molar-refractivity contribution in [2.24, 2.45) is 0 Å². The monoisotopic (exact) mass is 243 g/mol. The standard InChI is InChI=1S/C11H14FNO2S/c1-15-10-3-2-9(12)6-8(10)4-5-13-11(14)7-16/h2-3,6,16H,4-5,7H2,1H3,(H,13,14). The Hall–Kier alpha value is -1.23. The van der Waals surface area contributed by atoms with E-state index in [1.165, 1.54) is 19.2 Å². The molecule has 16 heavy (non-hydrogen) atoms. The fraction of sp³-hybridized carbons (Fsp3) is 0.364. The summed E-state index contributed by atoms with van der Waals surface area (Å²) in [4.78, 5) is 10.9. The molecule has 88 valence electrons. The number of benzene rings is 1. The van der Waals surface area contributed by atoms with Gasteiger partial charge in [-0.3, -0.25) is 4.79 Å². The van der Waals surface area contributed by atoms with Gasteiger partial charge < -0.3 is 10.1 Å². The molecular formula is C11H14FNO2S. The van der Waals surface area contributed by atoms with Gasteiger partial charge in [0.2, 0.25) is 5.91 Å². The molecule has 0 spiro atoms. The molecule has 0 aliphatic heterocycles. The van der Waals surface area contributed by atoms with Gasteiger partial charge in [0.05, 0.1) is 12.9 Å². The lowest BCUT2D eigenvalue weighted by atomic mass is 10.1. The number of amides is 1. The highest BCUT2D eigenvalue weighted by atomic mass is 32.1. The number of methoxy groups -OCH3 is 1. The average Bonchev–Trinajstić information content (AvgIpc) is 2.29. The van der Waals surface area contributed by atoms with E-state index < -0.39 is 0 Å². The van der Waals surface area contributed by atoms with Crippen LogP contribution in [0.15, 0.2) is 18.2 Å². The van der Waals surface area contributed by atoms with Gasteiger partial charge >= 0.3 is 0 Å². The van der Waals surface area contributed by atoms with Crippen LogP contribution in [0.25, 0.3) is 0 Å². The second-order valence-corrected chi connectivity index (χ2v) is 3.53. The minimum absolute atomic E-state index is 0.140. The van der Waals surface area contributed by atoms with Crippen molar-refractivity contribution in [3.8, 4) is 5.75 Å². The molecule has 1 aromatic rings. The maximum Gasteiger partial charge on any atom is 0.229 e. The maximum atomic E-state index is 13.0. The van der Waals surface area contributed by atoms with E-state index in [1.807, 2.05) is 0 Å². The van der Waals surface area contributed by atoms with Crippen molar-refractivity contribution in [3.63, 3.8) is 0 Å². The first-order chi connectivity index (χ1) is 7.67. The van der Waals surface area contributed by atoms with Crippen LogP contribution in [-0.4, -0.2) is 25.3 Å². The van der Waals surface area contributed by atoms with Gasteiger partial charge in [0.1, 0.15) is 11.6 Å². The van der Waals surface area contributed by atoms with Gasteiger partial charge in [-0.2, -0.15) is 12.6 Å². The van der Waals surface area contributed by atoms with Gasteiger partial charge in [0.25, 0.3) is 0 Å². The Labute approximate surface area is 99.4 Å². The number of nitrogens with one attached hydrogen (secondary N) is 1. The highest BCUT2D eigenvalue weighted by Crippen LogP contribution is 2.19. The number of carbonyl (C=O) groups is 1. The van der Waals surface area contributed by atoms with Crippen LogP contribution in [0.3, 0.4) is 0 Å². The van der Waals surface area contributed by atoms with Crippen LogP contribution in [0.1, 0.15) is 5.56 Å². The second-order valence-electron chi connectivity index (χ2n) is 3.21. The first-order valence-corrected chi connectivity index (χ1v) is 5.50. The largest absolute Gasteiger partial charge is 0.496 e. The second kappa shape index (κ2) is 6.37. The summed E-state index contributed by atoms with van der Waals surface area (Å²) < 4.78 is 18.1. The molecule has 0 atom stereocenters. The third kappa shape index (κ3) is 3.73. The molecule has 0 bridgehead atoms. The molecule has 0 aliphatic carbocycles. The van der Waals surface area contributed by atoms with Crippen molar-refractivity contribution in [1.29, 1.82) is 0 Å². The summed E-state index contributed by atoms with van der Waals surface area (Å²) in [5.74, 6) is 0.330. The van der Waals surface area contributed by atoms with Crippen LogP contribution in [0.5, 0.6) is 5.75 Å². The van der Waals surface area contributed by atoms with Gasteiger partial charge in [0, 0.05) is 6.54 Å². The lowest BCUT2D eigenvalue weighted by Gasteiger charge is -2.08. The molecule has 1 N–H and O–H groups in total. The summed E-state index contributed by atoms with van der Waals surface area (Å²) in [5, 5.41) is 2.66.